The van der Waals surface area contributed by atoms with Crippen LogP contribution in [0.1, 0.15) is 64.7 Å². The minimum atomic E-state index is -0.919. The molecule has 0 aliphatic carbocycles. The molecule has 0 fully saturated rings. The van der Waals surface area contributed by atoms with Crippen molar-refractivity contribution in [2.24, 2.45) is 0 Å². The first kappa shape index (κ1) is 22.6. The molecule has 0 rings (SSSR count). The molecule has 22 heavy (non-hydrogen) atoms. The van der Waals surface area contributed by atoms with Gasteiger partial charge in [0.2, 0.25) is 5.91 Å². The topological polar surface area (TPSA) is 116 Å². The van der Waals surface area contributed by atoms with Crippen molar-refractivity contribution >= 4 is 18.3 Å². The predicted molar refractivity (Wildman–Crippen MR) is 84.6 cm³/mol. The lowest BCUT2D eigenvalue weighted by molar-refractivity contribution is -0.136. The van der Waals surface area contributed by atoms with Crippen molar-refractivity contribution in [2.45, 2.75) is 64.7 Å². The van der Waals surface area contributed by atoms with Gasteiger partial charge in [-0.05, 0) is 6.42 Å². The quantitative estimate of drug-likeness (QED) is 0.234. The van der Waals surface area contributed by atoms with Gasteiger partial charge in [0.1, 0.15) is 0 Å². The fourth-order valence-electron chi connectivity index (χ4n) is 1.84. The maximum atomic E-state index is 11.4. The SMILES string of the molecule is CCCCCCCCCCC(=O)NCNCC(=O)O.O=CO. The Morgan fingerprint density at radius 2 is 1.50 bits per heavy atom. The van der Waals surface area contributed by atoms with Crippen LogP contribution >= 0.6 is 0 Å². The van der Waals surface area contributed by atoms with E-state index >= 15 is 0 Å². The van der Waals surface area contributed by atoms with E-state index in [0.717, 1.165) is 12.8 Å². The molecule has 0 radical (unpaired) electrons. The number of rotatable bonds is 13. The van der Waals surface area contributed by atoms with Gasteiger partial charge in [0.05, 0.1) is 13.2 Å². The molecular formula is C15H30N2O5. The number of unbranched alkanes of at least 4 members (excludes halogenated alkanes) is 7. The zero-order valence-electron chi connectivity index (χ0n) is 13.5. The molecule has 0 saturated carbocycles. The molecule has 1 amide bonds. The van der Waals surface area contributed by atoms with Gasteiger partial charge in [-0.3, -0.25) is 19.7 Å². The second-order valence-corrected chi connectivity index (χ2v) is 4.93. The minimum absolute atomic E-state index is 0.0103. The molecule has 7 nitrogen and oxygen atoms in total. The van der Waals surface area contributed by atoms with E-state index in [1.54, 1.807) is 0 Å². The fraction of sp³-hybridized carbons (Fsp3) is 0.800. The van der Waals surface area contributed by atoms with Crippen molar-refractivity contribution < 1.29 is 24.6 Å². The lowest BCUT2D eigenvalue weighted by Crippen LogP contribution is -2.36. The van der Waals surface area contributed by atoms with Crippen LogP contribution in [-0.2, 0) is 14.4 Å². The fourth-order valence-corrected chi connectivity index (χ4v) is 1.84. The number of carboxylic acid groups (broad SMARTS) is 2. The summed E-state index contributed by atoms with van der Waals surface area (Å²) in [4.78, 5) is 29.9. The van der Waals surface area contributed by atoms with Gasteiger partial charge in [-0.1, -0.05) is 51.9 Å². The first-order chi connectivity index (χ1) is 10.6. The molecule has 0 saturated heterocycles. The van der Waals surface area contributed by atoms with Crippen LogP contribution in [0.25, 0.3) is 0 Å². The van der Waals surface area contributed by atoms with Crippen molar-refractivity contribution in [2.75, 3.05) is 13.2 Å². The molecule has 0 bridgehead atoms. The number of hydrogen-bond donors (Lipinski definition) is 4. The predicted octanol–water partition coefficient (Wildman–Crippen LogP) is 1.97. The van der Waals surface area contributed by atoms with Gasteiger partial charge in [-0.15, -0.1) is 0 Å². The van der Waals surface area contributed by atoms with Crippen molar-refractivity contribution in [3.8, 4) is 0 Å². The van der Waals surface area contributed by atoms with Crippen LogP contribution in [0.4, 0.5) is 0 Å². The van der Waals surface area contributed by atoms with E-state index in [4.69, 9.17) is 15.0 Å². The number of hydrogen-bond acceptors (Lipinski definition) is 4. The molecule has 7 heteroatoms. The Balaban J connectivity index is 0. The summed E-state index contributed by atoms with van der Waals surface area (Å²) in [6, 6.07) is 0. The Kier molecular flexibility index (Phi) is 19.9. The molecule has 0 aromatic carbocycles. The zero-order valence-corrected chi connectivity index (χ0v) is 13.5. The van der Waals surface area contributed by atoms with Crippen LogP contribution in [0.5, 0.6) is 0 Å². The van der Waals surface area contributed by atoms with Crippen molar-refractivity contribution in [3.05, 3.63) is 0 Å². The van der Waals surface area contributed by atoms with Crippen LogP contribution in [0.2, 0.25) is 0 Å². The second kappa shape index (κ2) is 19.4. The molecule has 130 valence electrons. The van der Waals surface area contributed by atoms with Crippen molar-refractivity contribution in [1.29, 1.82) is 0 Å². The third-order valence-electron chi connectivity index (χ3n) is 2.94. The maximum Gasteiger partial charge on any atom is 0.317 e. The van der Waals surface area contributed by atoms with E-state index in [1.807, 2.05) is 0 Å². The van der Waals surface area contributed by atoms with E-state index < -0.39 is 5.97 Å². The lowest BCUT2D eigenvalue weighted by Gasteiger charge is -2.05. The maximum absolute atomic E-state index is 11.4. The summed E-state index contributed by atoms with van der Waals surface area (Å²) in [6.45, 7) is 2.06. The van der Waals surface area contributed by atoms with Crippen LogP contribution in [0, 0.1) is 0 Å². The van der Waals surface area contributed by atoms with Gasteiger partial charge in [0.25, 0.3) is 6.47 Å². The second-order valence-electron chi connectivity index (χ2n) is 4.93. The average molecular weight is 318 g/mol. The first-order valence-corrected chi connectivity index (χ1v) is 7.85. The molecule has 0 aromatic rings. The number of amides is 1. The van der Waals surface area contributed by atoms with Gasteiger partial charge in [0, 0.05) is 6.42 Å². The molecule has 0 aliphatic heterocycles. The Bertz CT molecular complexity index is 285. The highest BCUT2D eigenvalue weighted by Crippen LogP contribution is 2.09. The normalized spacial score (nSPS) is 9.50. The van der Waals surface area contributed by atoms with Gasteiger partial charge in [-0.2, -0.15) is 0 Å². The molecule has 0 aliphatic rings. The van der Waals surface area contributed by atoms with Crippen LogP contribution in [0.3, 0.4) is 0 Å². The van der Waals surface area contributed by atoms with Gasteiger partial charge < -0.3 is 15.5 Å². The molecule has 0 atom stereocenters. The third-order valence-corrected chi connectivity index (χ3v) is 2.94. The number of nitrogens with one attached hydrogen (secondary N) is 2. The Morgan fingerprint density at radius 1 is 1.00 bits per heavy atom. The lowest BCUT2D eigenvalue weighted by atomic mass is 10.1. The van der Waals surface area contributed by atoms with Crippen molar-refractivity contribution in [1.82, 2.24) is 10.6 Å². The van der Waals surface area contributed by atoms with Crippen LogP contribution in [0.15, 0.2) is 0 Å². The van der Waals surface area contributed by atoms with E-state index in [9.17, 15) is 9.59 Å². The number of aliphatic carboxylic acids is 1. The highest BCUT2D eigenvalue weighted by molar-refractivity contribution is 5.75. The molecular weight excluding hydrogens is 288 g/mol. The van der Waals surface area contributed by atoms with Gasteiger partial charge in [-0.25, -0.2) is 0 Å². The van der Waals surface area contributed by atoms with Crippen molar-refractivity contribution in [3.63, 3.8) is 0 Å². The molecule has 0 aromatic heterocycles. The summed E-state index contributed by atoms with van der Waals surface area (Å²) in [5, 5.41) is 20.5. The Labute approximate surface area is 132 Å². The molecule has 4 N–H and O–H groups in total. The first-order valence-electron chi connectivity index (χ1n) is 7.85. The smallest absolute Gasteiger partial charge is 0.317 e. The third kappa shape index (κ3) is 23.5. The summed E-state index contributed by atoms with van der Waals surface area (Å²) in [5.74, 6) is -0.929. The Morgan fingerprint density at radius 3 is 2.00 bits per heavy atom. The van der Waals surface area contributed by atoms with Crippen LogP contribution in [-0.4, -0.2) is 41.8 Å². The summed E-state index contributed by atoms with van der Waals surface area (Å²) < 4.78 is 0. The number of carboxylic acids is 1. The average Bonchev–Trinajstić information content (AvgIpc) is 2.47. The zero-order chi connectivity index (χ0) is 17.1. The van der Waals surface area contributed by atoms with E-state index in [2.05, 4.69) is 17.6 Å². The molecule has 0 unspecified atom stereocenters. The summed E-state index contributed by atoms with van der Waals surface area (Å²) >= 11 is 0. The monoisotopic (exact) mass is 318 g/mol. The van der Waals surface area contributed by atoms with E-state index in [0.29, 0.717) is 6.42 Å². The molecule has 0 heterocycles. The van der Waals surface area contributed by atoms with Gasteiger partial charge >= 0.3 is 5.97 Å². The van der Waals surface area contributed by atoms with E-state index in [1.165, 1.54) is 38.5 Å². The number of carbonyl (C=O) groups is 3. The van der Waals surface area contributed by atoms with Crippen LogP contribution < -0.4 is 10.6 Å². The van der Waals surface area contributed by atoms with Gasteiger partial charge in [0.15, 0.2) is 0 Å². The highest BCUT2D eigenvalue weighted by Gasteiger charge is 2.01. The molecule has 0 spiro atoms. The number of carbonyl (C=O) groups excluding carboxylic acids is 1. The minimum Gasteiger partial charge on any atom is -0.483 e. The largest absolute Gasteiger partial charge is 0.483 e. The summed E-state index contributed by atoms with van der Waals surface area (Å²) in [5.41, 5.74) is 0. The summed E-state index contributed by atoms with van der Waals surface area (Å²) in [7, 11) is 0. The van der Waals surface area contributed by atoms with E-state index in [-0.39, 0.29) is 25.6 Å². The summed E-state index contributed by atoms with van der Waals surface area (Å²) in [6.07, 6.45) is 10.2. The standard InChI is InChI=1S/C14H28N2O3.CH2O2/c1-2-3-4-5-6-7-8-9-10-13(17)16-12-15-11-14(18)19;2-1-3/h15H,2-12H2,1H3,(H,16,17)(H,18,19);1H,(H,2,3). The Hall–Kier alpha value is -1.63. The highest BCUT2D eigenvalue weighted by atomic mass is 16.4.